The molecule has 1 aromatic rings. The van der Waals surface area contributed by atoms with Crippen molar-refractivity contribution in [2.24, 2.45) is 0 Å². The Bertz CT molecular complexity index is 512. The number of carbonyl (C=O) groups excluding carboxylic acids is 1. The monoisotopic (exact) mass is 278 g/mol. The third-order valence-electron chi connectivity index (χ3n) is 3.56. The molecule has 0 unspecified atom stereocenters. The van der Waals surface area contributed by atoms with Crippen LogP contribution in [0, 0.1) is 0 Å². The van der Waals surface area contributed by atoms with Crippen molar-refractivity contribution >= 4 is 17.7 Å². The standard InChI is InChI=1S/C14H18N2O4/c1-16(12-6-4-3-5-11(12)13(17)18)14(19)15-9-7-10(8-9)20-2/h3-6,9-10H,7-8H2,1-2H3,(H,15,19)(H,17,18). The van der Waals surface area contributed by atoms with Crippen molar-refractivity contribution < 1.29 is 19.4 Å². The van der Waals surface area contributed by atoms with Crippen molar-refractivity contribution in [3.63, 3.8) is 0 Å². The number of nitrogens with one attached hydrogen (secondary N) is 1. The average molecular weight is 278 g/mol. The van der Waals surface area contributed by atoms with E-state index in [1.807, 2.05) is 0 Å². The molecule has 0 spiro atoms. The molecule has 1 aliphatic carbocycles. The smallest absolute Gasteiger partial charge is 0.337 e. The first-order valence-electron chi connectivity index (χ1n) is 6.42. The second-order valence-electron chi connectivity index (χ2n) is 4.86. The first kappa shape index (κ1) is 14.3. The summed E-state index contributed by atoms with van der Waals surface area (Å²) in [6.07, 6.45) is 1.78. The zero-order valence-corrected chi connectivity index (χ0v) is 11.5. The summed E-state index contributed by atoms with van der Waals surface area (Å²) >= 11 is 0. The number of aromatic carboxylic acids is 1. The molecule has 1 aromatic carbocycles. The van der Waals surface area contributed by atoms with E-state index in [0.29, 0.717) is 5.69 Å². The SMILES string of the molecule is COC1CC(NC(=O)N(C)c2ccccc2C(=O)O)C1. The number of ether oxygens (including phenoxy) is 1. The molecule has 108 valence electrons. The van der Waals surface area contributed by atoms with Gasteiger partial charge in [0.15, 0.2) is 0 Å². The lowest BCUT2D eigenvalue weighted by Crippen LogP contribution is -2.51. The lowest BCUT2D eigenvalue weighted by atomic mass is 9.89. The molecule has 1 saturated carbocycles. The van der Waals surface area contributed by atoms with Gasteiger partial charge >= 0.3 is 12.0 Å². The quantitative estimate of drug-likeness (QED) is 0.878. The topological polar surface area (TPSA) is 78.9 Å². The van der Waals surface area contributed by atoms with Crippen molar-refractivity contribution in [1.29, 1.82) is 0 Å². The summed E-state index contributed by atoms with van der Waals surface area (Å²) in [4.78, 5) is 24.6. The molecule has 0 saturated heterocycles. The minimum atomic E-state index is -1.05. The number of hydrogen-bond acceptors (Lipinski definition) is 3. The molecule has 2 rings (SSSR count). The number of urea groups is 1. The predicted octanol–water partition coefficient (Wildman–Crippen LogP) is 1.71. The van der Waals surface area contributed by atoms with E-state index >= 15 is 0 Å². The van der Waals surface area contributed by atoms with Crippen LogP contribution in [0.25, 0.3) is 0 Å². The maximum atomic E-state index is 12.1. The predicted molar refractivity (Wildman–Crippen MR) is 74.2 cm³/mol. The maximum Gasteiger partial charge on any atom is 0.337 e. The van der Waals surface area contributed by atoms with Gasteiger partial charge in [-0.2, -0.15) is 0 Å². The first-order chi connectivity index (χ1) is 9.52. The fourth-order valence-electron chi connectivity index (χ4n) is 2.20. The molecule has 0 aliphatic heterocycles. The molecule has 1 fully saturated rings. The number of anilines is 1. The Labute approximate surface area is 117 Å². The third kappa shape index (κ3) is 2.91. The van der Waals surface area contributed by atoms with Gasteiger partial charge in [-0.25, -0.2) is 9.59 Å². The summed E-state index contributed by atoms with van der Waals surface area (Å²) in [5, 5.41) is 12.0. The number of carboxylic acids is 1. The number of carbonyl (C=O) groups is 2. The van der Waals surface area contributed by atoms with Crippen LogP contribution < -0.4 is 10.2 Å². The fourth-order valence-corrected chi connectivity index (χ4v) is 2.20. The largest absolute Gasteiger partial charge is 0.478 e. The van der Waals surface area contributed by atoms with Crippen molar-refractivity contribution in [2.45, 2.75) is 25.0 Å². The fraction of sp³-hybridized carbons (Fsp3) is 0.429. The number of methoxy groups -OCH3 is 1. The zero-order valence-electron chi connectivity index (χ0n) is 11.5. The number of nitrogens with zero attached hydrogens (tertiary/aromatic N) is 1. The molecule has 6 heteroatoms. The summed E-state index contributed by atoms with van der Waals surface area (Å²) in [5.41, 5.74) is 0.480. The van der Waals surface area contributed by atoms with Gasteiger partial charge in [-0.05, 0) is 25.0 Å². The average Bonchev–Trinajstić information content (AvgIpc) is 2.41. The summed E-state index contributed by atoms with van der Waals surface area (Å²) in [6, 6.07) is 6.21. The van der Waals surface area contributed by atoms with Crippen molar-refractivity contribution in [2.75, 3.05) is 19.1 Å². The van der Waals surface area contributed by atoms with Crippen LogP contribution in [0.3, 0.4) is 0 Å². The van der Waals surface area contributed by atoms with Crippen LogP contribution in [0.4, 0.5) is 10.5 Å². The number of hydrogen-bond donors (Lipinski definition) is 2. The van der Waals surface area contributed by atoms with Gasteiger partial charge in [0, 0.05) is 20.2 Å². The molecule has 0 bridgehead atoms. The van der Waals surface area contributed by atoms with E-state index in [9.17, 15) is 9.59 Å². The van der Waals surface area contributed by atoms with Gasteiger partial charge in [-0.1, -0.05) is 12.1 Å². The van der Waals surface area contributed by atoms with E-state index in [1.165, 1.54) is 11.0 Å². The van der Waals surface area contributed by atoms with Gasteiger partial charge in [-0.3, -0.25) is 4.90 Å². The Morgan fingerprint density at radius 2 is 2.00 bits per heavy atom. The van der Waals surface area contributed by atoms with Gasteiger partial charge < -0.3 is 15.2 Å². The Balaban J connectivity index is 2.02. The Kier molecular flexibility index (Phi) is 4.24. The van der Waals surface area contributed by atoms with Crippen LogP contribution >= 0.6 is 0 Å². The van der Waals surface area contributed by atoms with Crippen LogP contribution in [0.15, 0.2) is 24.3 Å². The van der Waals surface area contributed by atoms with Crippen LogP contribution in [-0.2, 0) is 4.74 Å². The molecule has 0 radical (unpaired) electrons. The van der Waals surface area contributed by atoms with E-state index in [4.69, 9.17) is 9.84 Å². The highest BCUT2D eigenvalue weighted by molar-refractivity contribution is 6.01. The Morgan fingerprint density at radius 3 is 2.60 bits per heavy atom. The minimum absolute atomic E-state index is 0.0897. The van der Waals surface area contributed by atoms with Crippen molar-refractivity contribution in [1.82, 2.24) is 5.32 Å². The second kappa shape index (κ2) is 5.92. The first-order valence-corrected chi connectivity index (χ1v) is 6.42. The van der Waals surface area contributed by atoms with Gasteiger partial charge in [0.2, 0.25) is 0 Å². The van der Waals surface area contributed by atoms with E-state index in [0.717, 1.165) is 12.8 Å². The summed E-state index contributed by atoms with van der Waals surface area (Å²) in [5.74, 6) is -1.05. The van der Waals surface area contributed by atoms with Crippen LogP contribution in [-0.4, -0.2) is 43.4 Å². The van der Waals surface area contributed by atoms with Crippen LogP contribution in [0.5, 0.6) is 0 Å². The minimum Gasteiger partial charge on any atom is -0.478 e. The van der Waals surface area contributed by atoms with Crippen molar-refractivity contribution in [3.8, 4) is 0 Å². The Hall–Kier alpha value is -2.08. The summed E-state index contributed by atoms with van der Waals surface area (Å²) < 4.78 is 5.15. The van der Waals surface area contributed by atoms with Crippen LogP contribution in [0.1, 0.15) is 23.2 Å². The molecule has 20 heavy (non-hydrogen) atoms. The number of para-hydroxylation sites is 1. The molecular weight excluding hydrogens is 260 g/mol. The maximum absolute atomic E-state index is 12.1. The van der Waals surface area contributed by atoms with Gasteiger partial charge in [0.05, 0.1) is 17.4 Å². The second-order valence-corrected chi connectivity index (χ2v) is 4.86. The summed E-state index contributed by atoms with van der Waals surface area (Å²) in [7, 11) is 3.21. The molecule has 0 atom stereocenters. The van der Waals surface area contributed by atoms with Crippen molar-refractivity contribution in [3.05, 3.63) is 29.8 Å². The van der Waals surface area contributed by atoms with E-state index in [2.05, 4.69) is 5.32 Å². The van der Waals surface area contributed by atoms with E-state index in [1.54, 1.807) is 32.4 Å². The highest BCUT2D eigenvalue weighted by Gasteiger charge is 2.31. The van der Waals surface area contributed by atoms with Gasteiger partial charge in [0.1, 0.15) is 0 Å². The van der Waals surface area contributed by atoms with E-state index in [-0.39, 0.29) is 23.7 Å². The highest BCUT2D eigenvalue weighted by Crippen LogP contribution is 2.24. The Morgan fingerprint density at radius 1 is 1.35 bits per heavy atom. The molecule has 0 heterocycles. The molecule has 1 aliphatic rings. The lowest BCUT2D eigenvalue weighted by molar-refractivity contribution is 0.0208. The van der Waals surface area contributed by atoms with Crippen LogP contribution in [0.2, 0.25) is 0 Å². The normalized spacial score (nSPS) is 20.9. The molecular formula is C14H18N2O4. The number of rotatable bonds is 4. The third-order valence-corrected chi connectivity index (χ3v) is 3.56. The molecule has 0 aromatic heterocycles. The van der Waals surface area contributed by atoms with Gasteiger partial charge in [0.25, 0.3) is 0 Å². The molecule has 2 N–H and O–H groups in total. The van der Waals surface area contributed by atoms with E-state index < -0.39 is 5.97 Å². The summed E-state index contributed by atoms with van der Waals surface area (Å²) in [6.45, 7) is 0. The number of amides is 2. The zero-order chi connectivity index (χ0) is 14.7. The lowest BCUT2D eigenvalue weighted by Gasteiger charge is -2.35. The molecule has 6 nitrogen and oxygen atoms in total. The molecule has 2 amide bonds. The number of carboxylic acid groups (broad SMARTS) is 1. The van der Waals surface area contributed by atoms with Gasteiger partial charge in [-0.15, -0.1) is 0 Å². The highest BCUT2D eigenvalue weighted by atomic mass is 16.5. The number of benzene rings is 1.